The molecule has 7 heteroatoms. The van der Waals surface area contributed by atoms with Gasteiger partial charge in [0.25, 0.3) is 11.8 Å². The van der Waals surface area contributed by atoms with Crippen LogP contribution in [0.4, 0.5) is 14.5 Å². The Balaban J connectivity index is 1.48. The maximum Gasteiger partial charge on any atom is 0.261 e. The average Bonchev–Trinajstić information content (AvgIpc) is 3.35. The zero-order chi connectivity index (χ0) is 22.5. The monoisotopic (exact) mass is 448 g/mol. The van der Waals surface area contributed by atoms with Crippen LogP contribution in [0.5, 0.6) is 0 Å². The highest BCUT2D eigenvalue weighted by Gasteiger charge is 2.17. The standard InChI is InChI=1S/C25H18F2N2O2S/c26-19-13-20(17-5-2-1-3-6-17)23(21(27)14-19)29-24(30)18-10-8-16(9-11-18)15-28-25(31)22-7-4-12-32-22/h1-14H,15H2,(H,28,31)(H,29,30). The van der Waals surface area contributed by atoms with Crippen molar-refractivity contribution in [3.05, 3.63) is 112 Å². The third-order valence-corrected chi connectivity index (χ3v) is 5.66. The van der Waals surface area contributed by atoms with Gasteiger partial charge >= 0.3 is 0 Å². The molecule has 0 unspecified atom stereocenters. The summed E-state index contributed by atoms with van der Waals surface area (Å²) in [5.74, 6) is -2.28. The van der Waals surface area contributed by atoms with Crippen LogP contribution in [0.15, 0.2) is 84.2 Å². The van der Waals surface area contributed by atoms with Crippen molar-refractivity contribution in [2.24, 2.45) is 0 Å². The fourth-order valence-electron chi connectivity index (χ4n) is 3.18. The highest BCUT2D eigenvalue weighted by atomic mass is 32.1. The first-order chi connectivity index (χ1) is 15.5. The molecular formula is C25H18F2N2O2S. The lowest BCUT2D eigenvalue weighted by Gasteiger charge is -2.13. The molecule has 1 aromatic heterocycles. The first kappa shape index (κ1) is 21.4. The molecule has 0 aliphatic heterocycles. The van der Waals surface area contributed by atoms with Crippen LogP contribution in [0.3, 0.4) is 0 Å². The molecule has 0 bridgehead atoms. The number of halogens is 2. The largest absolute Gasteiger partial charge is 0.347 e. The molecule has 0 saturated heterocycles. The Morgan fingerprint density at radius 1 is 0.844 bits per heavy atom. The summed E-state index contributed by atoms with van der Waals surface area (Å²) >= 11 is 1.36. The molecule has 0 fully saturated rings. The van der Waals surface area contributed by atoms with E-state index in [0.717, 1.165) is 11.6 Å². The van der Waals surface area contributed by atoms with Crippen molar-refractivity contribution in [1.29, 1.82) is 0 Å². The lowest BCUT2D eigenvalue weighted by molar-refractivity contribution is 0.0953. The van der Waals surface area contributed by atoms with Crippen LogP contribution < -0.4 is 10.6 Å². The molecule has 2 amide bonds. The fourth-order valence-corrected chi connectivity index (χ4v) is 3.82. The Labute approximate surface area is 187 Å². The van der Waals surface area contributed by atoms with E-state index in [1.165, 1.54) is 17.4 Å². The van der Waals surface area contributed by atoms with Crippen LogP contribution in [0.2, 0.25) is 0 Å². The molecule has 0 radical (unpaired) electrons. The van der Waals surface area contributed by atoms with Crippen LogP contribution in [-0.4, -0.2) is 11.8 Å². The number of amides is 2. The number of carbonyl (C=O) groups is 2. The Hall–Kier alpha value is -3.84. The Kier molecular flexibility index (Phi) is 6.37. The highest BCUT2D eigenvalue weighted by Crippen LogP contribution is 2.31. The predicted molar refractivity (Wildman–Crippen MR) is 122 cm³/mol. The maximum atomic E-state index is 14.5. The Morgan fingerprint density at radius 3 is 2.28 bits per heavy atom. The third kappa shape index (κ3) is 4.90. The quantitative estimate of drug-likeness (QED) is 0.387. The van der Waals surface area contributed by atoms with Gasteiger partial charge < -0.3 is 10.6 Å². The molecule has 0 aliphatic carbocycles. The summed E-state index contributed by atoms with van der Waals surface area (Å²) in [4.78, 5) is 25.4. The molecular weight excluding hydrogens is 430 g/mol. The molecule has 2 N–H and O–H groups in total. The number of nitrogens with one attached hydrogen (secondary N) is 2. The third-order valence-electron chi connectivity index (χ3n) is 4.79. The van der Waals surface area contributed by atoms with Gasteiger partial charge in [0, 0.05) is 23.7 Å². The molecule has 160 valence electrons. The summed E-state index contributed by atoms with van der Waals surface area (Å²) in [5.41, 5.74) is 1.86. The van der Waals surface area contributed by atoms with Crippen LogP contribution >= 0.6 is 11.3 Å². The molecule has 1 heterocycles. The predicted octanol–water partition coefficient (Wildman–Crippen LogP) is 5.88. The molecule has 0 atom stereocenters. The SMILES string of the molecule is O=C(Nc1c(F)cc(F)cc1-c1ccccc1)c1ccc(CNC(=O)c2cccs2)cc1. The lowest BCUT2D eigenvalue weighted by Crippen LogP contribution is -2.21. The molecule has 3 aromatic carbocycles. The molecule has 4 aromatic rings. The maximum absolute atomic E-state index is 14.5. The molecule has 0 spiro atoms. The van der Waals surface area contributed by atoms with Crippen molar-refractivity contribution in [3.8, 4) is 11.1 Å². The summed E-state index contributed by atoms with van der Waals surface area (Å²) in [6, 6.07) is 20.8. The molecule has 0 aliphatic rings. The van der Waals surface area contributed by atoms with E-state index in [1.807, 2.05) is 5.38 Å². The molecule has 4 rings (SSSR count). The number of rotatable bonds is 6. The van der Waals surface area contributed by atoms with Gasteiger partial charge in [-0.3, -0.25) is 9.59 Å². The summed E-state index contributed by atoms with van der Waals surface area (Å²) in [5, 5.41) is 7.20. The number of carbonyl (C=O) groups excluding carboxylic acids is 2. The summed E-state index contributed by atoms with van der Waals surface area (Å²) < 4.78 is 28.4. The molecule has 32 heavy (non-hydrogen) atoms. The van der Waals surface area contributed by atoms with Gasteiger partial charge in [-0.15, -0.1) is 11.3 Å². The van der Waals surface area contributed by atoms with E-state index >= 15 is 0 Å². The van der Waals surface area contributed by atoms with Crippen molar-refractivity contribution in [3.63, 3.8) is 0 Å². The molecule has 4 nitrogen and oxygen atoms in total. The minimum atomic E-state index is -0.856. The van der Waals surface area contributed by atoms with Gasteiger partial charge in [-0.05, 0) is 40.8 Å². The Morgan fingerprint density at radius 2 is 1.59 bits per heavy atom. The zero-order valence-corrected chi connectivity index (χ0v) is 17.6. The minimum absolute atomic E-state index is 0.0881. The second-order valence-electron chi connectivity index (χ2n) is 6.99. The van der Waals surface area contributed by atoms with Crippen molar-refractivity contribution < 1.29 is 18.4 Å². The topological polar surface area (TPSA) is 58.2 Å². The first-order valence-corrected chi connectivity index (χ1v) is 10.7. The van der Waals surface area contributed by atoms with Crippen LogP contribution in [0.1, 0.15) is 25.6 Å². The normalized spacial score (nSPS) is 10.6. The smallest absolute Gasteiger partial charge is 0.261 e. The van der Waals surface area contributed by atoms with E-state index < -0.39 is 17.5 Å². The summed E-state index contributed by atoms with van der Waals surface area (Å²) in [7, 11) is 0. The van der Waals surface area contributed by atoms with Crippen molar-refractivity contribution in [1.82, 2.24) is 5.32 Å². The fraction of sp³-hybridized carbons (Fsp3) is 0.0400. The van der Waals surface area contributed by atoms with E-state index in [2.05, 4.69) is 10.6 Å². The number of anilines is 1. The van der Waals surface area contributed by atoms with E-state index in [0.29, 0.717) is 22.5 Å². The average molecular weight is 448 g/mol. The number of thiophene rings is 1. The van der Waals surface area contributed by atoms with E-state index in [-0.39, 0.29) is 17.2 Å². The highest BCUT2D eigenvalue weighted by molar-refractivity contribution is 7.12. The van der Waals surface area contributed by atoms with E-state index in [9.17, 15) is 18.4 Å². The van der Waals surface area contributed by atoms with Gasteiger partial charge in [-0.25, -0.2) is 8.78 Å². The van der Waals surface area contributed by atoms with Gasteiger partial charge in [0.15, 0.2) is 0 Å². The lowest BCUT2D eigenvalue weighted by atomic mass is 10.0. The van der Waals surface area contributed by atoms with E-state index in [1.54, 1.807) is 66.7 Å². The number of hydrogen-bond donors (Lipinski definition) is 2. The van der Waals surface area contributed by atoms with Crippen LogP contribution in [0.25, 0.3) is 11.1 Å². The van der Waals surface area contributed by atoms with Crippen LogP contribution in [-0.2, 0) is 6.54 Å². The number of benzene rings is 3. The van der Waals surface area contributed by atoms with Gasteiger partial charge in [0.05, 0.1) is 10.6 Å². The minimum Gasteiger partial charge on any atom is -0.347 e. The zero-order valence-electron chi connectivity index (χ0n) is 16.8. The van der Waals surface area contributed by atoms with Gasteiger partial charge in [0.1, 0.15) is 11.6 Å². The number of hydrogen-bond acceptors (Lipinski definition) is 3. The second-order valence-corrected chi connectivity index (χ2v) is 7.93. The van der Waals surface area contributed by atoms with Gasteiger partial charge in [-0.2, -0.15) is 0 Å². The summed E-state index contributed by atoms with van der Waals surface area (Å²) in [6.07, 6.45) is 0. The Bertz CT molecular complexity index is 1240. The molecule has 0 saturated carbocycles. The van der Waals surface area contributed by atoms with Crippen molar-refractivity contribution in [2.75, 3.05) is 5.32 Å². The summed E-state index contributed by atoms with van der Waals surface area (Å²) in [6.45, 7) is 0.309. The second kappa shape index (κ2) is 9.53. The first-order valence-electron chi connectivity index (χ1n) is 9.78. The van der Waals surface area contributed by atoms with Gasteiger partial charge in [-0.1, -0.05) is 48.5 Å². The van der Waals surface area contributed by atoms with Gasteiger partial charge in [0.2, 0.25) is 0 Å². The van der Waals surface area contributed by atoms with E-state index in [4.69, 9.17) is 0 Å². The van der Waals surface area contributed by atoms with Crippen molar-refractivity contribution in [2.45, 2.75) is 6.54 Å². The van der Waals surface area contributed by atoms with Crippen LogP contribution in [0, 0.1) is 11.6 Å². The van der Waals surface area contributed by atoms with Crippen molar-refractivity contribution >= 4 is 28.8 Å².